The second-order valence-corrected chi connectivity index (χ2v) is 17.4. The number of carbonyl (C=O) groups excluding carboxylic acids is 6. The van der Waals surface area contributed by atoms with Crippen LogP contribution in [0.1, 0.15) is 95.2 Å². The summed E-state index contributed by atoms with van der Waals surface area (Å²) in [4.78, 5) is 88.2. The third kappa shape index (κ3) is 9.55. The summed E-state index contributed by atoms with van der Waals surface area (Å²) in [7, 11) is 0. The maximum absolute atomic E-state index is 14.7. The van der Waals surface area contributed by atoms with E-state index >= 15 is 0 Å². The van der Waals surface area contributed by atoms with E-state index in [0.29, 0.717) is 49.9 Å². The number of likely N-dealkylation sites (tertiary alicyclic amines) is 1. The van der Waals surface area contributed by atoms with E-state index in [2.05, 4.69) is 16.0 Å². The highest BCUT2D eigenvalue weighted by atomic mass is 19.1. The van der Waals surface area contributed by atoms with E-state index in [1.807, 2.05) is 42.5 Å². The smallest absolute Gasteiger partial charge is 0.410 e. The van der Waals surface area contributed by atoms with Gasteiger partial charge in [-0.05, 0) is 76.5 Å². The highest BCUT2D eigenvalue weighted by molar-refractivity contribution is 6.00. The van der Waals surface area contributed by atoms with Crippen LogP contribution in [0.5, 0.6) is 0 Å². The molecular weight excluding hydrogens is 760 g/mol. The maximum Gasteiger partial charge on any atom is 0.410 e. The zero-order chi connectivity index (χ0) is 41.9. The van der Waals surface area contributed by atoms with Gasteiger partial charge in [0.2, 0.25) is 23.6 Å². The second kappa shape index (κ2) is 17.4. The van der Waals surface area contributed by atoms with Crippen LogP contribution >= 0.6 is 0 Å². The molecular formula is C44H55FN6O8. The Kier molecular flexibility index (Phi) is 12.3. The second-order valence-electron chi connectivity index (χ2n) is 17.4. The Hall–Kier alpha value is -5.47. The van der Waals surface area contributed by atoms with E-state index in [1.165, 1.54) is 15.9 Å². The molecule has 2 aromatic rings. The largest absolute Gasteiger partial charge is 0.444 e. The predicted octanol–water partition coefficient (Wildman–Crippen LogP) is 4.84. The van der Waals surface area contributed by atoms with Crippen LogP contribution in [-0.2, 0) is 48.3 Å². The van der Waals surface area contributed by atoms with Crippen LogP contribution in [0, 0.1) is 11.7 Å². The molecule has 0 bridgehead atoms. The van der Waals surface area contributed by atoms with Gasteiger partial charge >= 0.3 is 12.2 Å². The van der Waals surface area contributed by atoms with E-state index in [1.54, 1.807) is 37.8 Å². The van der Waals surface area contributed by atoms with Gasteiger partial charge in [0.25, 0.3) is 0 Å². The number of hydrogen-bond acceptors (Lipinski definition) is 8. The van der Waals surface area contributed by atoms with Crippen molar-refractivity contribution in [3.05, 3.63) is 83.2 Å². The Bertz CT molecular complexity index is 1970. The number of alkyl carbamates (subject to hydrolysis) is 1. The highest BCUT2D eigenvalue weighted by Gasteiger charge is 2.63. The number of ether oxygens (including phenoxy) is 2. The van der Waals surface area contributed by atoms with Gasteiger partial charge in [-0.1, -0.05) is 67.5 Å². The first kappa shape index (κ1) is 41.7. The number of hydrogen-bond donors (Lipinski definition) is 3. The highest BCUT2D eigenvalue weighted by Crippen LogP contribution is 2.47. The van der Waals surface area contributed by atoms with Gasteiger partial charge in [0.15, 0.2) is 0 Å². The number of nitrogens with one attached hydrogen (secondary N) is 3. The van der Waals surface area contributed by atoms with Gasteiger partial charge in [-0.3, -0.25) is 24.1 Å². The molecule has 59 heavy (non-hydrogen) atoms. The van der Waals surface area contributed by atoms with Crippen LogP contribution in [0.2, 0.25) is 0 Å². The first-order valence-electron chi connectivity index (χ1n) is 20.9. The molecule has 4 aliphatic heterocycles. The van der Waals surface area contributed by atoms with E-state index in [-0.39, 0.29) is 50.2 Å². The van der Waals surface area contributed by atoms with Crippen LogP contribution in [0.25, 0.3) is 0 Å². The molecule has 1 aliphatic carbocycles. The van der Waals surface area contributed by atoms with Crippen molar-refractivity contribution in [3.63, 3.8) is 0 Å². The van der Waals surface area contributed by atoms with Gasteiger partial charge in [0.1, 0.15) is 41.2 Å². The molecule has 1 saturated carbocycles. The molecule has 7 rings (SSSR count). The molecule has 4 heterocycles. The molecule has 0 aromatic heterocycles. The number of benzene rings is 2. The van der Waals surface area contributed by atoms with Crippen molar-refractivity contribution in [2.45, 2.75) is 134 Å². The summed E-state index contributed by atoms with van der Waals surface area (Å²) in [6.45, 7) is 5.83. The van der Waals surface area contributed by atoms with E-state index in [4.69, 9.17) is 9.47 Å². The third-order valence-electron chi connectivity index (χ3n) is 11.9. The first-order chi connectivity index (χ1) is 28.2. The van der Waals surface area contributed by atoms with Crippen LogP contribution < -0.4 is 16.0 Å². The van der Waals surface area contributed by atoms with E-state index in [0.717, 1.165) is 24.8 Å². The lowest BCUT2D eigenvalue weighted by molar-refractivity contribution is -0.145. The number of rotatable bonds is 6. The fourth-order valence-electron chi connectivity index (χ4n) is 8.77. The third-order valence-corrected chi connectivity index (χ3v) is 11.9. The summed E-state index contributed by atoms with van der Waals surface area (Å²) in [5.74, 6) is -2.52. The quantitative estimate of drug-likeness (QED) is 0.349. The molecule has 6 amide bonds. The summed E-state index contributed by atoms with van der Waals surface area (Å²) >= 11 is 0. The van der Waals surface area contributed by atoms with Crippen molar-refractivity contribution >= 4 is 35.8 Å². The molecule has 15 heteroatoms. The number of carbonyl (C=O) groups is 6. The Morgan fingerprint density at radius 1 is 0.966 bits per heavy atom. The monoisotopic (exact) mass is 814 g/mol. The summed E-state index contributed by atoms with van der Waals surface area (Å²) in [5, 5.41) is 8.74. The lowest BCUT2D eigenvalue weighted by Crippen LogP contribution is -2.59. The fourth-order valence-corrected chi connectivity index (χ4v) is 8.77. The van der Waals surface area contributed by atoms with Crippen molar-refractivity contribution < 1.29 is 42.6 Å². The summed E-state index contributed by atoms with van der Waals surface area (Å²) in [6, 6.07) is 11.2. The molecule has 0 unspecified atom stereocenters. The molecule has 5 aliphatic rings. The molecule has 14 nitrogen and oxygen atoms in total. The normalized spacial score (nSPS) is 27.1. The number of halogens is 1. The van der Waals surface area contributed by atoms with E-state index in [9.17, 15) is 33.2 Å². The van der Waals surface area contributed by atoms with Crippen molar-refractivity contribution in [3.8, 4) is 0 Å². The molecule has 316 valence electrons. The average molecular weight is 815 g/mol. The minimum atomic E-state index is -1.35. The van der Waals surface area contributed by atoms with Crippen LogP contribution in [0.3, 0.4) is 0 Å². The zero-order valence-corrected chi connectivity index (χ0v) is 34.0. The Morgan fingerprint density at radius 2 is 1.76 bits per heavy atom. The molecule has 6 atom stereocenters. The van der Waals surface area contributed by atoms with Crippen molar-refractivity contribution in [2.24, 2.45) is 5.92 Å². The fraction of sp³-hybridized carbons (Fsp3) is 0.545. The lowest BCUT2D eigenvalue weighted by atomic mass is 10.0. The van der Waals surface area contributed by atoms with Gasteiger partial charge in [0.05, 0.1) is 13.1 Å². The number of nitrogens with zero attached hydrogens (tertiary/aromatic N) is 3. The Morgan fingerprint density at radius 3 is 2.53 bits per heavy atom. The molecule has 2 saturated heterocycles. The van der Waals surface area contributed by atoms with Crippen LogP contribution in [-0.4, -0.2) is 99.0 Å². The number of allylic oxidation sites excluding steroid dienone is 1. The number of amides is 6. The van der Waals surface area contributed by atoms with Crippen molar-refractivity contribution in [1.29, 1.82) is 0 Å². The van der Waals surface area contributed by atoms with Gasteiger partial charge in [0, 0.05) is 37.5 Å². The van der Waals surface area contributed by atoms with Crippen molar-refractivity contribution in [2.75, 3.05) is 13.1 Å². The van der Waals surface area contributed by atoms with Gasteiger partial charge in [-0.15, -0.1) is 0 Å². The summed E-state index contributed by atoms with van der Waals surface area (Å²) in [6.07, 6.45) is 6.07. The first-order valence-corrected chi connectivity index (χ1v) is 20.9. The SMILES string of the molecule is CC(C)(C)OC(=O)N[C@H]1CCCCCC=C[C@@H]2C[C@@]2(C(=O)N2CCC[C@@H]2C(=O)NCc2ccccc2)NC(=O)[C@@H]2C[C@@H](OC(=O)N3Cc4cccc(F)c4C3)CN2C1=O. The maximum atomic E-state index is 14.7. The van der Waals surface area contributed by atoms with Crippen LogP contribution in [0.4, 0.5) is 14.0 Å². The van der Waals surface area contributed by atoms with Gasteiger partial charge in [-0.25, -0.2) is 14.0 Å². The van der Waals surface area contributed by atoms with E-state index < -0.39 is 65.2 Å². The van der Waals surface area contributed by atoms with Crippen LogP contribution in [0.15, 0.2) is 60.7 Å². The number of fused-ring (bicyclic) bond motifs is 3. The molecule has 3 fully saturated rings. The summed E-state index contributed by atoms with van der Waals surface area (Å²) < 4.78 is 26.0. The molecule has 0 radical (unpaired) electrons. The van der Waals surface area contributed by atoms with Crippen molar-refractivity contribution in [1.82, 2.24) is 30.7 Å². The molecule has 3 N–H and O–H groups in total. The molecule has 0 spiro atoms. The minimum Gasteiger partial charge on any atom is -0.444 e. The predicted molar refractivity (Wildman–Crippen MR) is 213 cm³/mol. The summed E-state index contributed by atoms with van der Waals surface area (Å²) in [5.41, 5.74) is -0.168. The zero-order valence-electron chi connectivity index (χ0n) is 34.0. The Labute approximate surface area is 344 Å². The minimum absolute atomic E-state index is 0.0172. The topological polar surface area (TPSA) is 167 Å². The van der Waals surface area contributed by atoms with Gasteiger partial charge < -0.3 is 35.2 Å². The molecule has 2 aromatic carbocycles. The van der Waals surface area contributed by atoms with Gasteiger partial charge in [-0.2, -0.15) is 0 Å². The average Bonchev–Trinajstić information content (AvgIpc) is 3.61. The lowest BCUT2D eigenvalue weighted by Gasteiger charge is -2.32. The standard InChI is InChI=1S/C44H55FN6O8/c1-43(2,3)59-41(56)47-34-19-11-6-4-5-10-17-30-23-44(30,40(55)50-21-13-20-35(50)37(52)46-24-28-14-8-7-9-15-28)48-38(53)36-22-31(26-51(36)39(34)54)58-42(57)49-25-29-16-12-18-33(45)32(29)27-49/h7-10,12,14-18,30-31,34-36H,4-6,11,13,19-27H2,1-3H3,(H,46,52)(H,47,56)(H,48,53)/t30-,31-,34+,35-,36+,44-/m1/s1. The Balaban J connectivity index is 1.12.